The molecule has 0 aromatic rings. The van der Waals surface area contributed by atoms with Gasteiger partial charge in [-0.3, -0.25) is 9.69 Å². The maximum atomic E-state index is 11.6. The van der Waals surface area contributed by atoms with Crippen molar-refractivity contribution in [3.8, 4) is 0 Å². The summed E-state index contributed by atoms with van der Waals surface area (Å²) in [6.45, 7) is 9.68. The first-order valence-corrected chi connectivity index (χ1v) is 7.79. The van der Waals surface area contributed by atoms with Crippen LogP contribution in [-0.4, -0.2) is 42.5 Å². The SMILES string of the molecule is CCNC(=O)CCN(CC)C1(CN)CCCC(C)C1. The van der Waals surface area contributed by atoms with Gasteiger partial charge < -0.3 is 11.1 Å². The highest BCUT2D eigenvalue weighted by molar-refractivity contribution is 5.75. The summed E-state index contributed by atoms with van der Waals surface area (Å²) in [6.07, 6.45) is 5.51. The van der Waals surface area contributed by atoms with Crippen molar-refractivity contribution in [2.45, 2.75) is 58.4 Å². The number of hydrogen-bond acceptors (Lipinski definition) is 3. The normalized spacial score (nSPS) is 27.5. The minimum absolute atomic E-state index is 0.124. The predicted octanol–water partition coefficient (Wildman–Crippen LogP) is 1.74. The fraction of sp³-hybridized carbons (Fsp3) is 0.933. The van der Waals surface area contributed by atoms with Crippen LogP contribution in [0.2, 0.25) is 0 Å². The summed E-state index contributed by atoms with van der Waals surface area (Å²) in [6, 6.07) is 0. The number of rotatable bonds is 7. The van der Waals surface area contributed by atoms with Gasteiger partial charge in [0.2, 0.25) is 5.91 Å². The summed E-state index contributed by atoms with van der Waals surface area (Å²) in [7, 11) is 0. The number of nitrogens with zero attached hydrogens (tertiary/aromatic N) is 1. The Balaban J connectivity index is 2.61. The van der Waals surface area contributed by atoms with Crippen LogP contribution in [0.4, 0.5) is 0 Å². The molecule has 2 atom stereocenters. The molecule has 0 aromatic heterocycles. The zero-order chi connectivity index (χ0) is 14.3. The van der Waals surface area contributed by atoms with E-state index in [4.69, 9.17) is 5.73 Å². The van der Waals surface area contributed by atoms with Gasteiger partial charge in [-0.15, -0.1) is 0 Å². The molecule has 1 fully saturated rings. The molecule has 4 nitrogen and oxygen atoms in total. The first-order chi connectivity index (χ1) is 9.07. The predicted molar refractivity (Wildman–Crippen MR) is 80.0 cm³/mol. The molecular formula is C15H31N3O. The lowest BCUT2D eigenvalue weighted by atomic mass is 9.75. The highest BCUT2D eigenvalue weighted by Crippen LogP contribution is 2.36. The average molecular weight is 269 g/mol. The Morgan fingerprint density at radius 3 is 2.74 bits per heavy atom. The molecule has 0 aromatic carbocycles. The highest BCUT2D eigenvalue weighted by Gasteiger charge is 2.38. The van der Waals surface area contributed by atoms with Gasteiger partial charge in [-0.1, -0.05) is 26.7 Å². The molecule has 0 aliphatic heterocycles. The molecule has 0 spiro atoms. The number of nitrogens with one attached hydrogen (secondary N) is 1. The van der Waals surface area contributed by atoms with Crippen molar-refractivity contribution in [3.05, 3.63) is 0 Å². The van der Waals surface area contributed by atoms with Crippen LogP contribution in [0.3, 0.4) is 0 Å². The Kier molecular flexibility index (Phi) is 6.80. The molecule has 1 amide bonds. The van der Waals surface area contributed by atoms with E-state index in [0.29, 0.717) is 19.5 Å². The van der Waals surface area contributed by atoms with Crippen LogP contribution in [0, 0.1) is 5.92 Å². The number of carbonyl (C=O) groups is 1. The molecule has 1 rings (SSSR count). The van der Waals surface area contributed by atoms with Gasteiger partial charge in [0.25, 0.3) is 0 Å². The van der Waals surface area contributed by atoms with Crippen molar-refractivity contribution in [2.75, 3.05) is 26.2 Å². The Morgan fingerprint density at radius 2 is 2.21 bits per heavy atom. The molecule has 1 aliphatic rings. The number of amides is 1. The van der Waals surface area contributed by atoms with E-state index in [1.807, 2.05) is 6.92 Å². The second-order valence-corrected chi connectivity index (χ2v) is 5.91. The van der Waals surface area contributed by atoms with Crippen molar-refractivity contribution in [1.82, 2.24) is 10.2 Å². The van der Waals surface area contributed by atoms with Gasteiger partial charge in [-0.25, -0.2) is 0 Å². The van der Waals surface area contributed by atoms with Gasteiger partial charge in [0.1, 0.15) is 0 Å². The van der Waals surface area contributed by atoms with Crippen molar-refractivity contribution in [3.63, 3.8) is 0 Å². The topological polar surface area (TPSA) is 58.4 Å². The highest BCUT2D eigenvalue weighted by atomic mass is 16.1. The molecule has 0 radical (unpaired) electrons. The summed E-state index contributed by atoms with van der Waals surface area (Å²) in [4.78, 5) is 14.1. The van der Waals surface area contributed by atoms with Crippen LogP contribution in [0.25, 0.3) is 0 Å². The fourth-order valence-electron chi connectivity index (χ4n) is 3.49. The minimum atomic E-state index is 0.124. The summed E-state index contributed by atoms with van der Waals surface area (Å²) in [5, 5.41) is 2.87. The van der Waals surface area contributed by atoms with Crippen LogP contribution in [0.15, 0.2) is 0 Å². The van der Waals surface area contributed by atoms with Crippen molar-refractivity contribution in [1.29, 1.82) is 0 Å². The minimum Gasteiger partial charge on any atom is -0.356 e. The number of likely N-dealkylation sites (N-methyl/N-ethyl adjacent to an activating group) is 1. The van der Waals surface area contributed by atoms with Gasteiger partial charge in [0.05, 0.1) is 0 Å². The Hall–Kier alpha value is -0.610. The summed E-state index contributed by atoms with van der Waals surface area (Å²) < 4.78 is 0. The Bertz CT molecular complexity index is 283. The van der Waals surface area contributed by atoms with Crippen molar-refractivity contribution >= 4 is 5.91 Å². The molecule has 4 heteroatoms. The fourth-order valence-corrected chi connectivity index (χ4v) is 3.49. The zero-order valence-electron chi connectivity index (χ0n) is 12.9. The second-order valence-electron chi connectivity index (χ2n) is 5.91. The van der Waals surface area contributed by atoms with Gasteiger partial charge in [-0.05, 0) is 32.2 Å². The van der Waals surface area contributed by atoms with E-state index in [1.165, 1.54) is 25.7 Å². The smallest absolute Gasteiger partial charge is 0.221 e. The maximum absolute atomic E-state index is 11.6. The van der Waals surface area contributed by atoms with Crippen LogP contribution in [0.1, 0.15) is 52.9 Å². The first-order valence-electron chi connectivity index (χ1n) is 7.79. The van der Waals surface area contributed by atoms with E-state index < -0.39 is 0 Å². The molecule has 112 valence electrons. The number of hydrogen-bond donors (Lipinski definition) is 2. The quantitative estimate of drug-likeness (QED) is 0.740. The van der Waals surface area contributed by atoms with Crippen LogP contribution >= 0.6 is 0 Å². The molecule has 3 N–H and O–H groups in total. The second kappa shape index (κ2) is 7.85. The molecule has 1 aliphatic carbocycles. The Morgan fingerprint density at radius 1 is 1.47 bits per heavy atom. The summed E-state index contributed by atoms with van der Waals surface area (Å²) >= 11 is 0. The lowest BCUT2D eigenvalue weighted by Gasteiger charge is -2.47. The summed E-state index contributed by atoms with van der Waals surface area (Å²) in [5.41, 5.74) is 6.22. The lowest BCUT2D eigenvalue weighted by Crippen LogP contribution is -2.56. The molecule has 19 heavy (non-hydrogen) atoms. The standard InChI is InChI=1S/C15H31N3O/c1-4-17-14(19)8-10-18(5-2)15(12-16)9-6-7-13(3)11-15/h13H,4-12,16H2,1-3H3,(H,17,19). The third kappa shape index (κ3) is 4.46. The van der Waals surface area contributed by atoms with E-state index in [9.17, 15) is 4.79 Å². The average Bonchev–Trinajstić information content (AvgIpc) is 2.39. The Labute approximate surface area is 118 Å². The van der Waals surface area contributed by atoms with Crippen molar-refractivity contribution in [2.24, 2.45) is 11.7 Å². The van der Waals surface area contributed by atoms with E-state index in [1.54, 1.807) is 0 Å². The van der Waals surface area contributed by atoms with Gasteiger partial charge >= 0.3 is 0 Å². The largest absolute Gasteiger partial charge is 0.356 e. The van der Waals surface area contributed by atoms with Crippen LogP contribution in [0.5, 0.6) is 0 Å². The van der Waals surface area contributed by atoms with E-state index in [0.717, 1.165) is 19.0 Å². The maximum Gasteiger partial charge on any atom is 0.221 e. The third-order valence-electron chi connectivity index (χ3n) is 4.48. The van der Waals surface area contributed by atoms with Gasteiger partial charge in [-0.2, -0.15) is 0 Å². The monoisotopic (exact) mass is 269 g/mol. The zero-order valence-corrected chi connectivity index (χ0v) is 12.9. The van der Waals surface area contributed by atoms with Crippen LogP contribution < -0.4 is 11.1 Å². The van der Waals surface area contributed by atoms with E-state index >= 15 is 0 Å². The first kappa shape index (κ1) is 16.4. The van der Waals surface area contributed by atoms with Gasteiger partial charge in [0.15, 0.2) is 0 Å². The van der Waals surface area contributed by atoms with Crippen LogP contribution in [-0.2, 0) is 4.79 Å². The molecule has 2 unspecified atom stereocenters. The lowest BCUT2D eigenvalue weighted by molar-refractivity contribution is -0.121. The molecular weight excluding hydrogens is 238 g/mol. The molecule has 0 saturated heterocycles. The molecule has 0 bridgehead atoms. The third-order valence-corrected chi connectivity index (χ3v) is 4.48. The molecule has 0 heterocycles. The number of carbonyl (C=O) groups excluding carboxylic acids is 1. The van der Waals surface area contributed by atoms with Gasteiger partial charge in [0, 0.05) is 31.6 Å². The number of nitrogens with two attached hydrogens (primary N) is 1. The van der Waals surface area contributed by atoms with E-state index in [-0.39, 0.29) is 11.4 Å². The van der Waals surface area contributed by atoms with E-state index in [2.05, 4.69) is 24.1 Å². The molecule has 1 saturated carbocycles. The van der Waals surface area contributed by atoms with Crippen molar-refractivity contribution < 1.29 is 4.79 Å². The summed E-state index contributed by atoms with van der Waals surface area (Å²) in [5.74, 6) is 0.896.